The van der Waals surface area contributed by atoms with Gasteiger partial charge in [-0.25, -0.2) is 8.42 Å². The average Bonchev–Trinajstić information content (AvgIpc) is 2.94. The second-order valence-corrected chi connectivity index (χ2v) is 12.0. The molecule has 0 fully saturated rings. The van der Waals surface area contributed by atoms with Crippen LogP contribution in [0.3, 0.4) is 0 Å². The lowest BCUT2D eigenvalue weighted by Gasteiger charge is -2.32. The van der Waals surface area contributed by atoms with Crippen molar-refractivity contribution < 1.29 is 22.7 Å². The maximum atomic E-state index is 13.9. The van der Waals surface area contributed by atoms with Gasteiger partial charge < -0.3 is 15.0 Å². The van der Waals surface area contributed by atoms with Gasteiger partial charge in [0.05, 0.1) is 17.7 Å². The molecule has 214 valence electrons. The third-order valence-corrected chi connectivity index (χ3v) is 8.70. The van der Waals surface area contributed by atoms with Crippen molar-refractivity contribution in [3.63, 3.8) is 0 Å². The van der Waals surface area contributed by atoms with Crippen LogP contribution in [0.25, 0.3) is 0 Å². The second kappa shape index (κ2) is 13.9. The van der Waals surface area contributed by atoms with E-state index in [-0.39, 0.29) is 23.0 Å². The summed E-state index contributed by atoms with van der Waals surface area (Å²) in [4.78, 5) is 28.2. The first-order valence-corrected chi connectivity index (χ1v) is 14.9. The number of carbonyl (C=O) groups is 2. The lowest BCUT2D eigenvalue weighted by Crippen LogP contribution is -2.51. The van der Waals surface area contributed by atoms with Crippen molar-refractivity contribution in [1.29, 1.82) is 0 Å². The number of sulfonamides is 1. The van der Waals surface area contributed by atoms with Crippen LogP contribution in [-0.2, 0) is 26.2 Å². The van der Waals surface area contributed by atoms with E-state index in [1.165, 1.54) is 24.1 Å². The van der Waals surface area contributed by atoms with Crippen LogP contribution in [0.1, 0.15) is 31.4 Å². The van der Waals surface area contributed by atoms with E-state index >= 15 is 0 Å². The molecule has 0 aliphatic heterocycles. The predicted molar refractivity (Wildman–Crippen MR) is 158 cm³/mol. The number of hydrogen-bond acceptors (Lipinski definition) is 5. The van der Waals surface area contributed by atoms with Crippen LogP contribution in [0, 0.1) is 6.92 Å². The highest BCUT2D eigenvalue weighted by molar-refractivity contribution is 7.92. The van der Waals surface area contributed by atoms with Crippen molar-refractivity contribution in [3.05, 3.63) is 87.9 Å². The maximum absolute atomic E-state index is 13.9. The topological polar surface area (TPSA) is 96.0 Å². The Morgan fingerprint density at radius 2 is 1.65 bits per heavy atom. The number of nitrogens with zero attached hydrogens (tertiary/aromatic N) is 2. The minimum Gasteiger partial charge on any atom is -0.497 e. The van der Waals surface area contributed by atoms with E-state index in [2.05, 4.69) is 5.32 Å². The van der Waals surface area contributed by atoms with Crippen molar-refractivity contribution in [2.24, 2.45) is 0 Å². The Balaban J connectivity index is 2.04. The zero-order valence-electron chi connectivity index (χ0n) is 22.9. The molecular formula is C29H33Cl2N3O5S. The fourth-order valence-electron chi connectivity index (χ4n) is 3.93. The molecule has 0 spiro atoms. The number of methoxy groups -OCH3 is 1. The van der Waals surface area contributed by atoms with E-state index in [1.54, 1.807) is 61.5 Å². The average molecular weight is 607 g/mol. The van der Waals surface area contributed by atoms with E-state index in [0.29, 0.717) is 27.9 Å². The summed E-state index contributed by atoms with van der Waals surface area (Å²) < 4.78 is 34.0. The predicted octanol–water partition coefficient (Wildman–Crippen LogP) is 5.45. The Bertz CT molecular complexity index is 1430. The van der Waals surface area contributed by atoms with Gasteiger partial charge in [0.1, 0.15) is 18.3 Å². The number of nitrogens with one attached hydrogen (secondary N) is 1. The summed E-state index contributed by atoms with van der Waals surface area (Å²) in [6.07, 6.45) is 0.718. The Hall–Kier alpha value is -3.27. The third kappa shape index (κ3) is 7.68. The maximum Gasteiger partial charge on any atom is 0.264 e. The Kier molecular flexibility index (Phi) is 10.8. The summed E-state index contributed by atoms with van der Waals surface area (Å²) in [6.45, 7) is 5.22. The van der Waals surface area contributed by atoms with Gasteiger partial charge in [0, 0.05) is 23.1 Å². The molecule has 3 aromatic rings. The minimum absolute atomic E-state index is 0.0303. The molecule has 0 heterocycles. The van der Waals surface area contributed by atoms with E-state index < -0.39 is 28.5 Å². The second-order valence-electron chi connectivity index (χ2n) is 9.25. The van der Waals surface area contributed by atoms with Crippen LogP contribution in [0.4, 0.5) is 5.69 Å². The van der Waals surface area contributed by atoms with E-state index in [0.717, 1.165) is 16.3 Å². The molecule has 2 amide bonds. The molecule has 1 N–H and O–H groups in total. The first-order chi connectivity index (χ1) is 19.0. The fraction of sp³-hybridized carbons (Fsp3) is 0.310. The number of carbonyl (C=O) groups excluding carboxylic acids is 2. The summed E-state index contributed by atoms with van der Waals surface area (Å²) in [6, 6.07) is 16.7. The highest BCUT2D eigenvalue weighted by Crippen LogP contribution is 2.28. The summed E-state index contributed by atoms with van der Waals surface area (Å²) >= 11 is 12.5. The Labute approximate surface area is 245 Å². The monoisotopic (exact) mass is 605 g/mol. The normalized spacial score (nSPS) is 11.9. The zero-order valence-corrected chi connectivity index (χ0v) is 25.2. The molecule has 0 aliphatic carbocycles. The lowest BCUT2D eigenvalue weighted by atomic mass is 10.1. The number of ether oxygens (including phenoxy) is 1. The molecule has 0 aromatic heterocycles. The van der Waals surface area contributed by atoms with Gasteiger partial charge in [-0.15, -0.1) is 0 Å². The molecule has 3 rings (SSSR count). The number of anilines is 1. The first-order valence-electron chi connectivity index (χ1n) is 12.7. The van der Waals surface area contributed by atoms with Crippen molar-refractivity contribution in [2.75, 3.05) is 24.5 Å². The summed E-state index contributed by atoms with van der Waals surface area (Å²) in [5.74, 6) is -0.419. The summed E-state index contributed by atoms with van der Waals surface area (Å²) in [5.41, 5.74) is 1.72. The van der Waals surface area contributed by atoms with Crippen molar-refractivity contribution in [3.8, 4) is 5.75 Å². The molecule has 1 atom stereocenters. The molecule has 0 aliphatic rings. The van der Waals surface area contributed by atoms with Gasteiger partial charge in [0.15, 0.2) is 0 Å². The number of rotatable bonds is 12. The van der Waals surface area contributed by atoms with E-state index in [9.17, 15) is 18.0 Å². The SMILES string of the molecule is CCCNC(=O)[C@@H](C)N(Cc1ccc(Cl)cc1Cl)C(=O)CN(c1ccc(OC)cc1)S(=O)(=O)c1ccc(C)cc1. The number of aryl methyl sites for hydroxylation is 1. The van der Waals surface area contributed by atoms with Crippen LogP contribution in [0.15, 0.2) is 71.6 Å². The van der Waals surface area contributed by atoms with Crippen LogP contribution in [-0.4, -0.2) is 51.4 Å². The van der Waals surface area contributed by atoms with E-state index in [1.807, 2.05) is 13.8 Å². The molecular weight excluding hydrogens is 573 g/mol. The number of hydrogen-bond donors (Lipinski definition) is 1. The number of amides is 2. The smallest absolute Gasteiger partial charge is 0.264 e. The van der Waals surface area contributed by atoms with Gasteiger partial charge in [-0.3, -0.25) is 13.9 Å². The number of halogens is 2. The highest BCUT2D eigenvalue weighted by atomic mass is 35.5. The van der Waals surface area contributed by atoms with Gasteiger partial charge in [0.2, 0.25) is 11.8 Å². The van der Waals surface area contributed by atoms with Crippen LogP contribution < -0.4 is 14.4 Å². The largest absolute Gasteiger partial charge is 0.497 e. The van der Waals surface area contributed by atoms with Gasteiger partial charge in [-0.1, -0.05) is 53.9 Å². The molecule has 3 aromatic carbocycles. The van der Waals surface area contributed by atoms with Crippen molar-refractivity contribution >= 4 is 50.7 Å². The van der Waals surface area contributed by atoms with Crippen molar-refractivity contribution in [1.82, 2.24) is 10.2 Å². The molecule has 0 saturated heterocycles. The minimum atomic E-state index is -4.16. The quantitative estimate of drug-likeness (QED) is 0.296. The zero-order chi connectivity index (χ0) is 29.4. The van der Waals surface area contributed by atoms with Gasteiger partial charge >= 0.3 is 0 Å². The lowest BCUT2D eigenvalue weighted by molar-refractivity contribution is -0.139. The summed E-state index contributed by atoms with van der Waals surface area (Å²) in [7, 11) is -2.66. The molecule has 0 unspecified atom stereocenters. The van der Waals surface area contributed by atoms with Crippen LogP contribution in [0.2, 0.25) is 10.0 Å². The molecule has 40 heavy (non-hydrogen) atoms. The molecule has 11 heteroatoms. The highest BCUT2D eigenvalue weighted by Gasteiger charge is 2.32. The molecule has 0 bridgehead atoms. The Morgan fingerprint density at radius 1 is 1.00 bits per heavy atom. The van der Waals surface area contributed by atoms with Gasteiger partial charge in [-0.05, 0) is 74.4 Å². The third-order valence-electron chi connectivity index (χ3n) is 6.32. The van der Waals surface area contributed by atoms with Crippen LogP contribution in [0.5, 0.6) is 5.75 Å². The Morgan fingerprint density at radius 3 is 2.23 bits per heavy atom. The van der Waals surface area contributed by atoms with E-state index in [4.69, 9.17) is 27.9 Å². The first kappa shape index (κ1) is 31.3. The summed E-state index contributed by atoms with van der Waals surface area (Å²) in [5, 5.41) is 3.55. The standard InChI is InChI=1S/C29H33Cl2N3O5S/c1-5-16-32-29(36)21(3)33(18-22-8-9-23(30)17-27(22)31)28(35)19-34(24-10-12-25(39-4)13-11-24)40(37,38)26-14-6-20(2)7-15-26/h6-15,17,21H,5,16,18-19H2,1-4H3,(H,32,36)/t21-/m1/s1. The van der Waals surface area contributed by atoms with Gasteiger partial charge in [0.25, 0.3) is 10.0 Å². The number of benzene rings is 3. The fourth-order valence-corrected chi connectivity index (χ4v) is 5.81. The van der Waals surface area contributed by atoms with Crippen molar-refractivity contribution in [2.45, 2.75) is 44.7 Å². The van der Waals surface area contributed by atoms with Crippen LogP contribution >= 0.6 is 23.2 Å². The molecule has 8 nitrogen and oxygen atoms in total. The molecule has 0 saturated carbocycles. The molecule has 0 radical (unpaired) electrons. The van der Waals surface area contributed by atoms with Gasteiger partial charge in [-0.2, -0.15) is 0 Å².